The molecule has 286 valence electrons. The molecule has 17 heteroatoms. The minimum Gasteiger partial charge on any atom is -0.481 e. The van der Waals surface area contributed by atoms with Gasteiger partial charge >= 0.3 is 18.1 Å². The number of carbonyl (C=O) groups excluding carboxylic acids is 4. The Labute approximate surface area is 315 Å². The second-order valence-corrected chi connectivity index (χ2v) is 13.0. The molecule has 4 aromatic carbocycles. The first kappa shape index (κ1) is 39.8. The van der Waals surface area contributed by atoms with E-state index in [9.17, 15) is 52.2 Å². The number of benzene rings is 4. The highest BCUT2D eigenvalue weighted by atomic mass is 35.5. The van der Waals surface area contributed by atoms with Gasteiger partial charge in [-0.25, -0.2) is 0 Å². The number of hydrogen-bond acceptors (Lipinski definition) is 6. The molecule has 0 aliphatic heterocycles. The largest absolute Gasteiger partial charge is 0.481 e. The van der Waals surface area contributed by atoms with E-state index >= 15 is 0 Å². The molecule has 13 nitrogen and oxygen atoms in total. The predicted octanol–water partition coefficient (Wildman–Crippen LogP) is 5.28. The van der Waals surface area contributed by atoms with Crippen LogP contribution in [0.1, 0.15) is 40.9 Å². The Balaban J connectivity index is 1.37. The number of alkyl halides is 3. The molecule has 0 bridgehead atoms. The lowest BCUT2D eigenvalue weighted by Gasteiger charge is -2.25. The minimum atomic E-state index is -4.65. The molecule has 55 heavy (non-hydrogen) atoms. The van der Waals surface area contributed by atoms with Crippen LogP contribution in [0.4, 0.5) is 18.9 Å². The van der Waals surface area contributed by atoms with Crippen LogP contribution in [0.2, 0.25) is 5.02 Å². The van der Waals surface area contributed by atoms with Crippen LogP contribution in [0.3, 0.4) is 0 Å². The first-order chi connectivity index (χ1) is 26.0. The zero-order chi connectivity index (χ0) is 39.9. The van der Waals surface area contributed by atoms with Crippen LogP contribution in [0.25, 0.3) is 21.7 Å². The van der Waals surface area contributed by atoms with Crippen molar-refractivity contribution >= 4 is 74.5 Å². The van der Waals surface area contributed by atoms with Gasteiger partial charge in [0.25, 0.3) is 5.91 Å². The van der Waals surface area contributed by atoms with Crippen LogP contribution in [0.15, 0.2) is 91.0 Å². The molecular weight excluding hydrogens is 747 g/mol. The fourth-order valence-electron chi connectivity index (χ4n) is 5.71. The van der Waals surface area contributed by atoms with E-state index in [0.717, 1.165) is 22.9 Å². The Morgan fingerprint density at radius 1 is 0.691 bits per heavy atom. The van der Waals surface area contributed by atoms with E-state index in [2.05, 4.69) is 26.3 Å². The average molecular weight is 780 g/mol. The smallest absolute Gasteiger partial charge is 0.416 e. The quantitative estimate of drug-likeness (QED) is 0.0742. The van der Waals surface area contributed by atoms with Gasteiger partial charge in [-0.05, 0) is 71.3 Å². The lowest BCUT2D eigenvalue weighted by molar-refractivity contribution is -0.141. The molecule has 0 fully saturated rings. The molecule has 7 N–H and O–H groups in total. The van der Waals surface area contributed by atoms with Gasteiger partial charge in [0.2, 0.25) is 17.7 Å². The summed E-state index contributed by atoms with van der Waals surface area (Å²) in [4.78, 5) is 80.3. The number of aliphatic carboxylic acids is 2. The molecule has 0 aliphatic carbocycles. The standard InChI is InChI=1S/C38H33ClF3N5O8/c39-25-9-12-27-23(17-25)18-30(44-27)36(54)46-29(16-20-5-6-21-3-1-2-4-22(21)15-20)35(53)47-31(19-33(50)51)37(55)45-28(13-14-32(48)49)34(52)43-26-10-7-24(8-11-26)38(40,41)42/h1-12,15,17-18,28-29,31,44H,13-14,16,19H2,(H,43,52)(H,45,55)(H,46,54)(H,47,53)(H,48,49)(H,50,51)/t28-,29-,31-/m0/s1. The summed E-state index contributed by atoms with van der Waals surface area (Å²) in [6.07, 6.45) is -6.87. The third-order valence-corrected chi connectivity index (χ3v) is 8.71. The Morgan fingerprint density at radius 3 is 2.04 bits per heavy atom. The number of amides is 4. The molecule has 5 aromatic rings. The van der Waals surface area contributed by atoms with Crippen molar-refractivity contribution in [2.24, 2.45) is 0 Å². The van der Waals surface area contributed by atoms with Gasteiger partial charge in [0.1, 0.15) is 23.8 Å². The Kier molecular flexibility index (Phi) is 12.4. The van der Waals surface area contributed by atoms with Crippen LogP contribution < -0.4 is 21.3 Å². The molecule has 4 amide bonds. The SMILES string of the molecule is O=C(O)CC[C@H](NC(=O)[C@H](CC(=O)O)NC(=O)[C@H](Cc1ccc2ccccc2c1)NC(=O)c1cc2cc(Cl)ccc2[nH]1)C(=O)Nc1ccc(C(F)(F)F)cc1. The van der Waals surface area contributed by atoms with E-state index in [-0.39, 0.29) is 17.8 Å². The number of aromatic nitrogens is 1. The lowest BCUT2D eigenvalue weighted by Crippen LogP contribution is -2.57. The van der Waals surface area contributed by atoms with E-state index in [1.54, 1.807) is 30.3 Å². The first-order valence-electron chi connectivity index (χ1n) is 16.6. The zero-order valence-electron chi connectivity index (χ0n) is 28.6. The number of fused-ring (bicyclic) bond motifs is 2. The summed E-state index contributed by atoms with van der Waals surface area (Å²) in [6.45, 7) is 0. The maximum atomic E-state index is 13.9. The first-order valence-corrected chi connectivity index (χ1v) is 17.0. The molecule has 1 aromatic heterocycles. The molecule has 0 radical (unpaired) electrons. The van der Waals surface area contributed by atoms with Gasteiger partial charge < -0.3 is 36.5 Å². The predicted molar refractivity (Wildman–Crippen MR) is 195 cm³/mol. The number of carbonyl (C=O) groups is 6. The number of aromatic amines is 1. The van der Waals surface area contributed by atoms with Crippen LogP contribution in [-0.4, -0.2) is 68.9 Å². The van der Waals surface area contributed by atoms with Crippen LogP contribution in [0.5, 0.6) is 0 Å². The summed E-state index contributed by atoms with van der Waals surface area (Å²) in [5.74, 6) is -6.74. The van der Waals surface area contributed by atoms with E-state index in [1.807, 2.05) is 30.3 Å². The van der Waals surface area contributed by atoms with Gasteiger partial charge in [-0.3, -0.25) is 28.8 Å². The normalized spacial score (nSPS) is 13.0. The molecule has 0 spiro atoms. The number of nitrogens with one attached hydrogen (secondary N) is 5. The van der Waals surface area contributed by atoms with E-state index in [1.165, 1.54) is 6.07 Å². The summed E-state index contributed by atoms with van der Waals surface area (Å²) >= 11 is 6.09. The van der Waals surface area contributed by atoms with Gasteiger partial charge in [0.15, 0.2) is 0 Å². The second-order valence-electron chi connectivity index (χ2n) is 12.5. The van der Waals surface area contributed by atoms with Crippen molar-refractivity contribution in [2.45, 2.75) is 50.0 Å². The van der Waals surface area contributed by atoms with Crippen LogP contribution in [0, 0.1) is 0 Å². The highest BCUT2D eigenvalue weighted by Crippen LogP contribution is 2.30. The van der Waals surface area contributed by atoms with Gasteiger partial charge in [-0.2, -0.15) is 13.2 Å². The van der Waals surface area contributed by atoms with E-state index in [4.69, 9.17) is 11.6 Å². The summed E-state index contributed by atoms with van der Waals surface area (Å²) in [5, 5.41) is 31.2. The molecule has 0 unspecified atom stereocenters. The number of H-pyrrole nitrogens is 1. The van der Waals surface area contributed by atoms with Gasteiger partial charge in [0, 0.05) is 34.5 Å². The Bertz CT molecular complexity index is 2260. The fourth-order valence-corrected chi connectivity index (χ4v) is 5.89. The third-order valence-electron chi connectivity index (χ3n) is 8.47. The molecular formula is C38H33ClF3N5O8. The Hall–Kier alpha value is -6.42. The Morgan fingerprint density at radius 2 is 1.36 bits per heavy atom. The molecule has 3 atom stereocenters. The summed E-state index contributed by atoms with van der Waals surface area (Å²) in [5.41, 5.74) is 0.176. The van der Waals surface area contributed by atoms with Crippen LogP contribution >= 0.6 is 11.6 Å². The highest BCUT2D eigenvalue weighted by molar-refractivity contribution is 6.31. The summed E-state index contributed by atoms with van der Waals surface area (Å²) in [6, 6.07) is 17.7. The highest BCUT2D eigenvalue weighted by Gasteiger charge is 2.33. The van der Waals surface area contributed by atoms with Gasteiger partial charge in [0.05, 0.1) is 12.0 Å². The van der Waals surface area contributed by atoms with Gasteiger partial charge in [-0.15, -0.1) is 0 Å². The zero-order valence-corrected chi connectivity index (χ0v) is 29.3. The second kappa shape index (κ2) is 17.2. The lowest BCUT2D eigenvalue weighted by atomic mass is 10.0. The number of rotatable bonds is 15. The summed E-state index contributed by atoms with van der Waals surface area (Å²) < 4.78 is 39.0. The topological polar surface area (TPSA) is 207 Å². The average Bonchev–Trinajstić information content (AvgIpc) is 3.55. The molecule has 1 heterocycles. The molecule has 0 saturated heterocycles. The van der Waals surface area contributed by atoms with Crippen molar-refractivity contribution in [2.75, 3.05) is 5.32 Å². The molecule has 0 saturated carbocycles. The van der Waals surface area contributed by atoms with Gasteiger partial charge in [-0.1, -0.05) is 54.1 Å². The molecule has 5 rings (SSSR count). The maximum absolute atomic E-state index is 13.9. The van der Waals surface area contributed by atoms with Crippen molar-refractivity contribution in [3.63, 3.8) is 0 Å². The number of halogens is 4. The van der Waals surface area contributed by atoms with Crippen molar-refractivity contribution in [3.8, 4) is 0 Å². The number of hydrogen-bond donors (Lipinski definition) is 7. The minimum absolute atomic E-state index is 0.0775. The van der Waals surface area contributed by atoms with E-state index < -0.39 is 84.7 Å². The van der Waals surface area contributed by atoms with Crippen molar-refractivity contribution in [1.29, 1.82) is 0 Å². The number of anilines is 1. The van der Waals surface area contributed by atoms with Crippen molar-refractivity contribution < 1.29 is 52.2 Å². The maximum Gasteiger partial charge on any atom is 0.416 e. The van der Waals surface area contributed by atoms with Crippen LogP contribution in [-0.2, 0) is 36.6 Å². The van der Waals surface area contributed by atoms with Crippen molar-refractivity contribution in [1.82, 2.24) is 20.9 Å². The third kappa shape index (κ3) is 10.8. The summed E-state index contributed by atoms with van der Waals surface area (Å²) in [7, 11) is 0. The molecule has 0 aliphatic rings. The van der Waals surface area contributed by atoms with E-state index in [0.29, 0.717) is 33.6 Å². The van der Waals surface area contributed by atoms with Crippen molar-refractivity contribution in [3.05, 3.63) is 113 Å². The fraction of sp³-hybridized carbons (Fsp3) is 0.211. The number of carboxylic acids is 2. The monoisotopic (exact) mass is 779 g/mol. The number of carboxylic acid groups (broad SMARTS) is 2.